The van der Waals surface area contributed by atoms with Gasteiger partial charge >= 0.3 is 0 Å². The Morgan fingerprint density at radius 2 is 1.68 bits per heavy atom. The van der Waals surface area contributed by atoms with Crippen molar-refractivity contribution in [1.82, 2.24) is 14.7 Å². The van der Waals surface area contributed by atoms with Crippen LogP contribution in [0.2, 0.25) is 0 Å². The fourth-order valence-electron chi connectivity index (χ4n) is 5.29. The summed E-state index contributed by atoms with van der Waals surface area (Å²) in [7, 11) is 2.17. The van der Waals surface area contributed by atoms with E-state index in [-0.39, 0.29) is 5.91 Å². The maximum absolute atomic E-state index is 12.7. The fraction of sp³-hybridized carbons (Fsp3) is 0.773. The van der Waals surface area contributed by atoms with Crippen molar-refractivity contribution in [3.63, 3.8) is 0 Å². The molecule has 1 spiro atoms. The molecule has 1 aromatic heterocycles. The molecule has 3 fully saturated rings. The van der Waals surface area contributed by atoms with Gasteiger partial charge in [-0.15, -0.1) is 0 Å². The first kappa shape index (κ1) is 19.9. The molecule has 0 bridgehead atoms. The zero-order chi connectivity index (χ0) is 19.8. The molecule has 1 amide bonds. The molecule has 0 aromatic carbocycles. The van der Waals surface area contributed by atoms with Gasteiger partial charge in [0, 0.05) is 45.8 Å². The molecule has 1 aromatic rings. The Balaban J connectivity index is 1.28. The molecule has 156 valence electrons. The van der Waals surface area contributed by atoms with Crippen LogP contribution in [0.15, 0.2) is 16.7 Å². The largest absolute Gasteiger partial charge is 0.469 e. The molecule has 0 radical (unpaired) electrons. The Bertz CT molecular complexity index is 675. The van der Waals surface area contributed by atoms with Crippen LogP contribution in [-0.2, 0) is 0 Å². The first-order chi connectivity index (χ1) is 13.4. The summed E-state index contributed by atoms with van der Waals surface area (Å²) in [5.74, 6) is 0.806. The summed E-state index contributed by atoms with van der Waals surface area (Å²) in [6, 6.07) is 1.78. The lowest BCUT2D eigenvalue weighted by molar-refractivity contribution is -0.0718. The number of likely N-dealkylation sites (tertiary alicyclic amines) is 1. The Morgan fingerprint density at radius 1 is 1.04 bits per heavy atom. The third-order valence-electron chi connectivity index (χ3n) is 7.56. The van der Waals surface area contributed by atoms with E-state index < -0.39 is 5.60 Å². The van der Waals surface area contributed by atoms with E-state index in [4.69, 9.17) is 4.42 Å². The smallest absolute Gasteiger partial charge is 0.257 e. The highest BCUT2D eigenvalue weighted by atomic mass is 16.3. The molecule has 0 unspecified atom stereocenters. The van der Waals surface area contributed by atoms with Gasteiger partial charge in [0.15, 0.2) is 0 Å². The molecule has 0 atom stereocenters. The first-order valence-corrected chi connectivity index (χ1v) is 10.8. The first-order valence-electron chi connectivity index (χ1n) is 10.8. The maximum atomic E-state index is 12.7. The number of aliphatic hydroxyl groups is 1. The quantitative estimate of drug-likeness (QED) is 0.860. The summed E-state index contributed by atoms with van der Waals surface area (Å²) < 4.78 is 5.30. The van der Waals surface area contributed by atoms with E-state index in [1.807, 2.05) is 11.8 Å². The molecule has 1 N–H and O–H groups in total. The molecule has 2 aliphatic heterocycles. The number of hydrogen-bond donors (Lipinski definition) is 1. The molecule has 3 heterocycles. The maximum Gasteiger partial charge on any atom is 0.257 e. The van der Waals surface area contributed by atoms with E-state index in [0.29, 0.717) is 16.7 Å². The zero-order valence-corrected chi connectivity index (χ0v) is 17.5. The van der Waals surface area contributed by atoms with Crippen molar-refractivity contribution < 1.29 is 14.3 Å². The van der Waals surface area contributed by atoms with Crippen LogP contribution >= 0.6 is 0 Å². The van der Waals surface area contributed by atoms with Crippen LogP contribution in [0.1, 0.15) is 54.6 Å². The number of β-amino-alcohol motifs (C(OH)–C–C–N with tert-alkyl or cyclic N) is 1. The summed E-state index contributed by atoms with van der Waals surface area (Å²) in [5.41, 5.74) is 0.486. The van der Waals surface area contributed by atoms with Gasteiger partial charge in [-0.2, -0.15) is 0 Å². The molecule has 1 aliphatic carbocycles. The van der Waals surface area contributed by atoms with Gasteiger partial charge in [-0.3, -0.25) is 9.69 Å². The molecule has 6 nitrogen and oxygen atoms in total. The van der Waals surface area contributed by atoms with Crippen LogP contribution in [-0.4, -0.2) is 84.2 Å². The van der Waals surface area contributed by atoms with Crippen molar-refractivity contribution in [3.8, 4) is 0 Å². The average molecular weight is 390 g/mol. The summed E-state index contributed by atoms with van der Waals surface area (Å²) in [4.78, 5) is 19.5. The van der Waals surface area contributed by atoms with Crippen molar-refractivity contribution in [1.29, 1.82) is 0 Å². The van der Waals surface area contributed by atoms with Gasteiger partial charge in [0.25, 0.3) is 5.91 Å². The Labute approximate surface area is 168 Å². The molecule has 3 aliphatic rings. The van der Waals surface area contributed by atoms with Gasteiger partial charge in [0.1, 0.15) is 5.76 Å². The number of aryl methyl sites for hydroxylation is 1. The second-order valence-corrected chi connectivity index (χ2v) is 9.49. The van der Waals surface area contributed by atoms with Crippen LogP contribution in [0.4, 0.5) is 0 Å². The van der Waals surface area contributed by atoms with Gasteiger partial charge in [-0.25, -0.2) is 0 Å². The van der Waals surface area contributed by atoms with Crippen LogP contribution < -0.4 is 0 Å². The second kappa shape index (κ2) is 7.81. The van der Waals surface area contributed by atoms with Gasteiger partial charge in [0.05, 0.1) is 17.4 Å². The molecule has 6 heteroatoms. The number of hydrogen-bond acceptors (Lipinski definition) is 5. The molecule has 28 heavy (non-hydrogen) atoms. The van der Waals surface area contributed by atoms with E-state index in [1.54, 1.807) is 12.3 Å². The van der Waals surface area contributed by atoms with Gasteiger partial charge in [0.2, 0.25) is 0 Å². The highest BCUT2D eigenvalue weighted by molar-refractivity contribution is 5.95. The number of nitrogens with zero attached hydrogens (tertiary/aromatic N) is 3. The number of likely N-dealkylation sites (N-methyl/N-ethyl adjacent to an activating group) is 1. The predicted molar refractivity (Wildman–Crippen MR) is 108 cm³/mol. The van der Waals surface area contributed by atoms with E-state index in [1.165, 1.54) is 0 Å². The fourth-order valence-corrected chi connectivity index (χ4v) is 5.29. The highest BCUT2D eigenvalue weighted by Gasteiger charge is 2.44. The third kappa shape index (κ3) is 4.14. The van der Waals surface area contributed by atoms with Crippen LogP contribution in [0.25, 0.3) is 0 Å². The Hall–Kier alpha value is -1.37. The lowest BCUT2D eigenvalue weighted by atomic mass is 9.64. The normalized spacial score (nSPS) is 25.9. The Morgan fingerprint density at radius 3 is 2.25 bits per heavy atom. The Kier molecular flexibility index (Phi) is 5.55. The monoisotopic (exact) mass is 389 g/mol. The molecule has 1 saturated carbocycles. The predicted octanol–water partition coefficient (Wildman–Crippen LogP) is 2.36. The minimum absolute atomic E-state index is 0.100. The van der Waals surface area contributed by atoms with Gasteiger partial charge in [-0.05, 0) is 64.0 Å². The molecular formula is C22H35N3O3. The molecular weight excluding hydrogens is 354 g/mol. The highest BCUT2D eigenvalue weighted by Crippen LogP contribution is 2.48. The van der Waals surface area contributed by atoms with Crippen molar-refractivity contribution >= 4 is 5.91 Å². The summed E-state index contributed by atoms with van der Waals surface area (Å²) in [6.45, 7) is 8.63. The van der Waals surface area contributed by atoms with Crippen molar-refractivity contribution in [2.45, 2.75) is 51.0 Å². The summed E-state index contributed by atoms with van der Waals surface area (Å²) in [5, 5.41) is 11.2. The lowest BCUT2D eigenvalue weighted by Gasteiger charge is -2.49. The van der Waals surface area contributed by atoms with E-state index in [0.717, 1.165) is 84.3 Å². The standard InChI is InChI=1S/C22H35N3O3/c1-18-19(3-16-28-18)20(26)25-10-8-21(9-11-25)4-6-22(27,7-5-21)17-24-14-12-23(2)13-15-24/h3,16,27H,4-15,17H2,1-2H3. The number of carbonyl (C=O) groups excluding carboxylic acids is 1. The van der Waals surface area contributed by atoms with E-state index in [2.05, 4.69) is 16.8 Å². The summed E-state index contributed by atoms with van der Waals surface area (Å²) >= 11 is 0. The SMILES string of the molecule is Cc1occc1C(=O)N1CCC2(CC1)CCC(O)(CN1CCN(C)CC1)CC2. The molecule has 2 saturated heterocycles. The number of rotatable bonds is 3. The van der Waals surface area contributed by atoms with Gasteiger partial charge in [-0.1, -0.05) is 0 Å². The summed E-state index contributed by atoms with van der Waals surface area (Å²) in [6.07, 6.45) is 7.67. The number of piperazine rings is 1. The van der Waals surface area contributed by atoms with Crippen LogP contribution in [0.5, 0.6) is 0 Å². The van der Waals surface area contributed by atoms with Crippen LogP contribution in [0.3, 0.4) is 0 Å². The minimum Gasteiger partial charge on any atom is -0.469 e. The number of amides is 1. The zero-order valence-electron chi connectivity index (χ0n) is 17.5. The second-order valence-electron chi connectivity index (χ2n) is 9.49. The molecule has 4 rings (SSSR count). The third-order valence-corrected chi connectivity index (χ3v) is 7.56. The topological polar surface area (TPSA) is 60.2 Å². The van der Waals surface area contributed by atoms with E-state index in [9.17, 15) is 9.90 Å². The average Bonchev–Trinajstić information content (AvgIpc) is 3.13. The number of carbonyl (C=O) groups is 1. The van der Waals surface area contributed by atoms with Gasteiger partial charge < -0.3 is 19.3 Å². The van der Waals surface area contributed by atoms with Crippen LogP contribution in [0, 0.1) is 12.3 Å². The van der Waals surface area contributed by atoms with Crippen molar-refractivity contribution in [2.75, 3.05) is 52.9 Å². The lowest BCUT2D eigenvalue weighted by Crippen LogP contribution is -2.54. The van der Waals surface area contributed by atoms with Crippen molar-refractivity contribution in [2.24, 2.45) is 5.41 Å². The van der Waals surface area contributed by atoms with E-state index >= 15 is 0 Å². The van der Waals surface area contributed by atoms with Crippen molar-refractivity contribution in [3.05, 3.63) is 23.7 Å². The number of piperidine rings is 1. The number of furan rings is 1. The minimum atomic E-state index is -0.526.